The van der Waals surface area contributed by atoms with E-state index in [0.717, 1.165) is 19.3 Å². The van der Waals surface area contributed by atoms with Gasteiger partial charge in [0.05, 0.1) is 0 Å². The Balaban J connectivity index is 4.10. The lowest BCUT2D eigenvalue weighted by molar-refractivity contribution is -0.129. The smallest absolute Gasteiger partial charge is 0.225 e. The normalized spacial score (nSPS) is 13.9. The van der Waals surface area contributed by atoms with Crippen LogP contribution in [0.4, 0.5) is 0 Å². The molecule has 3 N–H and O–H groups in total. The molecular weight excluding hydrogens is 200 g/mol. The molecule has 0 saturated carbocycles. The average molecular weight is 228 g/mol. The van der Waals surface area contributed by atoms with E-state index in [-0.39, 0.29) is 17.4 Å². The standard InChI is InChI=1S/C13H28N2O/c1-6-10(7-2)11(14)9-15-12(16)13(4,5)8-3/h10-11H,6-9,14H2,1-5H3,(H,15,16). The molecule has 1 amide bonds. The fourth-order valence-corrected chi connectivity index (χ4v) is 1.67. The van der Waals surface area contributed by atoms with E-state index in [0.29, 0.717) is 12.5 Å². The van der Waals surface area contributed by atoms with Crippen LogP contribution in [0.2, 0.25) is 0 Å². The first-order chi connectivity index (χ1) is 7.38. The lowest BCUT2D eigenvalue weighted by Crippen LogP contribution is -2.45. The number of hydrogen-bond acceptors (Lipinski definition) is 2. The molecule has 0 heterocycles. The van der Waals surface area contributed by atoms with Crippen molar-refractivity contribution >= 4 is 5.91 Å². The summed E-state index contributed by atoms with van der Waals surface area (Å²) in [5, 5.41) is 2.96. The number of amides is 1. The number of hydrogen-bond donors (Lipinski definition) is 2. The molecular formula is C13H28N2O. The van der Waals surface area contributed by atoms with Crippen molar-refractivity contribution in [3.05, 3.63) is 0 Å². The highest BCUT2D eigenvalue weighted by molar-refractivity contribution is 5.81. The molecule has 0 radical (unpaired) electrons. The van der Waals surface area contributed by atoms with Gasteiger partial charge < -0.3 is 11.1 Å². The van der Waals surface area contributed by atoms with Gasteiger partial charge in [-0.3, -0.25) is 4.79 Å². The molecule has 0 spiro atoms. The Bertz CT molecular complexity index is 210. The maximum absolute atomic E-state index is 11.8. The van der Waals surface area contributed by atoms with Crippen LogP contribution in [0.15, 0.2) is 0 Å². The van der Waals surface area contributed by atoms with Gasteiger partial charge >= 0.3 is 0 Å². The van der Waals surface area contributed by atoms with Crippen molar-refractivity contribution in [2.75, 3.05) is 6.54 Å². The van der Waals surface area contributed by atoms with Gasteiger partial charge in [0.2, 0.25) is 5.91 Å². The third kappa shape index (κ3) is 4.52. The summed E-state index contributed by atoms with van der Waals surface area (Å²) in [6.45, 7) is 10.8. The first-order valence-electron chi connectivity index (χ1n) is 6.42. The van der Waals surface area contributed by atoms with E-state index in [1.807, 2.05) is 20.8 Å². The fraction of sp³-hybridized carbons (Fsp3) is 0.923. The summed E-state index contributed by atoms with van der Waals surface area (Å²) < 4.78 is 0. The number of nitrogens with two attached hydrogens (primary N) is 1. The van der Waals surface area contributed by atoms with Crippen LogP contribution in [-0.4, -0.2) is 18.5 Å². The number of nitrogens with one attached hydrogen (secondary N) is 1. The molecule has 0 aliphatic rings. The minimum atomic E-state index is -0.284. The van der Waals surface area contributed by atoms with Crippen LogP contribution in [0, 0.1) is 11.3 Å². The zero-order valence-electron chi connectivity index (χ0n) is 11.5. The quantitative estimate of drug-likeness (QED) is 0.702. The first-order valence-corrected chi connectivity index (χ1v) is 6.42. The van der Waals surface area contributed by atoms with Crippen LogP contribution >= 0.6 is 0 Å². The lowest BCUT2D eigenvalue weighted by atomic mass is 9.88. The maximum Gasteiger partial charge on any atom is 0.225 e. The summed E-state index contributed by atoms with van der Waals surface area (Å²) >= 11 is 0. The molecule has 0 bridgehead atoms. The van der Waals surface area contributed by atoms with E-state index in [2.05, 4.69) is 19.2 Å². The molecule has 0 aromatic carbocycles. The molecule has 96 valence electrons. The third-order valence-corrected chi connectivity index (χ3v) is 3.65. The Morgan fingerprint density at radius 1 is 1.25 bits per heavy atom. The van der Waals surface area contributed by atoms with Crippen LogP contribution < -0.4 is 11.1 Å². The van der Waals surface area contributed by atoms with Gasteiger partial charge in [0.15, 0.2) is 0 Å². The second-order valence-corrected chi connectivity index (χ2v) is 5.19. The largest absolute Gasteiger partial charge is 0.354 e. The Hall–Kier alpha value is -0.570. The maximum atomic E-state index is 11.8. The highest BCUT2D eigenvalue weighted by Crippen LogP contribution is 2.19. The molecule has 16 heavy (non-hydrogen) atoms. The van der Waals surface area contributed by atoms with Gasteiger partial charge in [-0.05, 0) is 12.3 Å². The minimum Gasteiger partial charge on any atom is -0.354 e. The molecule has 0 saturated heterocycles. The minimum absolute atomic E-state index is 0.0756. The second kappa shape index (κ2) is 6.89. The Morgan fingerprint density at radius 3 is 2.12 bits per heavy atom. The predicted octanol–water partition coefficient (Wildman–Crippen LogP) is 2.30. The van der Waals surface area contributed by atoms with Crippen molar-refractivity contribution in [2.24, 2.45) is 17.1 Å². The number of carbonyl (C=O) groups is 1. The molecule has 0 fully saturated rings. The van der Waals surface area contributed by atoms with Gasteiger partial charge in [-0.15, -0.1) is 0 Å². The Labute approximate surface area is 100 Å². The van der Waals surface area contributed by atoms with Crippen LogP contribution in [0.1, 0.15) is 53.9 Å². The van der Waals surface area contributed by atoms with Gasteiger partial charge in [-0.25, -0.2) is 0 Å². The summed E-state index contributed by atoms with van der Waals surface area (Å²) in [5.74, 6) is 0.612. The summed E-state index contributed by atoms with van der Waals surface area (Å²) in [5.41, 5.74) is 5.77. The molecule has 3 nitrogen and oxygen atoms in total. The lowest BCUT2D eigenvalue weighted by Gasteiger charge is -2.25. The fourth-order valence-electron chi connectivity index (χ4n) is 1.67. The zero-order valence-corrected chi connectivity index (χ0v) is 11.5. The molecule has 0 rings (SSSR count). The van der Waals surface area contributed by atoms with Crippen molar-refractivity contribution in [1.82, 2.24) is 5.32 Å². The molecule has 1 unspecified atom stereocenters. The van der Waals surface area contributed by atoms with E-state index in [1.54, 1.807) is 0 Å². The summed E-state index contributed by atoms with van der Waals surface area (Å²) in [4.78, 5) is 11.8. The number of rotatable bonds is 7. The van der Waals surface area contributed by atoms with E-state index >= 15 is 0 Å². The molecule has 0 aliphatic carbocycles. The van der Waals surface area contributed by atoms with Crippen LogP contribution in [0.5, 0.6) is 0 Å². The van der Waals surface area contributed by atoms with Crippen LogP contribution in [0.25, 0.3) is 0 Å². The van der Waals surface area contributed by atoms with E-state index < -0.39 is 0 Å². The molecule has 0 aromatic heterocycles. The van der Waals surface area contributed by atoms with Crippen molar-refractivity contribution < 1.29 is 4.79 Å². The van der Waals surface area contributed by atoms with Gasteiger partial charge in [-0.1, -0.05) is 47.5 Å². The highest BCUT2D eigenvalue weighted by atomic mass is 16.2. The molecule has 0 aliphatic heterocycles. The first kappa shape index (κ1) is 15.4. The second-order valence-electron chi connectivity index (χ2n) is 5.19. The highest BCUT2D eigenvalue weighted by Gasteiger charge is 2.25. The van der Waals surface area contributed by atoms with Gasteiger partial charge in [-0.2, -0.15) is 0 Å². The van der Waals surface area contributed by atoms with Gasteiger partial charge in [0.1, 0.15) is 0 Å². The SMILES string of the molecule is CCC(CC)C(N)CNC(=O)C(C)(C)CC. The predicted molar refractivity (Wildman–Crippen MR) is 69.1 cm³/mol. The van der Waals surface area contributed by atoms with Crippen molar-refractivity contribution in [3.63, 3.8) is 0 Å². The zero-order chi connectivity index (χ0) is 12.8. The molecule has 1 atom stereocenters. The Morgan fingerprint density at radius 2 is 1.75 bits per heavy atom. The van der Waals surface area contributed by atoms with Crippen molar-refractivity contribution in [3.8, 4) is 0 Å². The topological polar surface area (TPSA) is 55.1 Å². The third-order valence-electron chi connectivity index (χ3n) is 3.65. The van der Waals surface area contributed by atoms with E-state index in [4.69, 9.17) is 5.73 Å². The summed E-state index contributed by atoms with van der Waals surface area (Å²) in [7, 11) is 0. The monoisotopic (exact) mass is 228 g/mol. The van der Waals surface area contributed by atoms with Crippen LogP contribution in [-0.2, 0) is 4.79 Å². The summed E-state index contributed by atoms with van der Waals surface area (Å²) in [6, 6.07) is 0.0756. The van der Waals surface area contributed by atoms with Gasteiger partial charge in [0.25, 0.3) is 0 Å². The summed E-state index contributed by atoms with van der Waals surface area (Å²) in [6.07, 6.45) is 2.99. The Kier molecular flexibility index (Phi) is 6.65. The molecule has 0 aromatic rings. The van der Waals surface area contributed by atoms with Crippen molar-refractivity contribution in [1.29, 1.82) is 0 Å². The van der Waals surface area contributed by atoms with Crippen molar-refractivity contribution in [2.45, 2.75) is 59.9 Å². The molecule has 3 heteroatoms. The van der Waals surface area contributed by atoms with E-state index in [1.165, 1.54) is 0 Å². The average Bonchev–Trinajstić information content (AvgIpc) is 2.27. The van der Waals surface area contributed by atoms with Crippen LogP contribution in [0.3, 0.4) is 0 Å². The number of carbonyl (C=O) groups excluding carboxylic acids is 1. The van der Waals surface area contributed by atoms with Gasteiger partial charge in [0, 0.05) is 18.0 Å². The van der Waals surface area contributed by atoms with E-state index in [9.17, 15) is 4.79 Å².